The Morgan fingerprint density at radius 1 is 1.00 bits per heavy atom. The SMILES string of the molecule is CC1(C)COC2(CCN(C3CCCCC3O)CC2)OC1. The van der Waals surface area contributed by atoms with Crippen molar-refractivity contribution in [2.45, 2.75) is 70.3 Å². The molecular weight excluding hydrogens is 254 g/mol. The molecule has 1 N–H and O–H groups in total. The van der Waals surface area contributed by atoms with Crippen molar-refractivity contribution in [1.82, 2.24) is 4.90 Å². The van der Waals surface area contributed by atoms with E-state index in [2.05, 4.69) is 18.7 Å². The summed E-state index contributed by atoms with van der Waals surface area (Å²) >= 11 is 0. The number of likely N-dealkylation sites (tertiary alicyclic amines) is 1. The molecule has 3 aliphatic rings. The fraction of sp³-hybridized carbons (Fsp3) is 1.00. The predicted molar refractivity (Wildman–Crippen MR) is 77.5 cm³/mol. The molecule has 1 saturated carbocycles. The first kappa shape index (κ1) is 14.8. The van der Waals surface area contributed by atoms with E-state index in [-0.39, 0.29) is 17.3 Å². The summed E-state index contributed by atoms with van der Waals surface area (Å²) in [4.78, 5) is 2.46. The van der Waals surface area contributed by atoms with Crippen molar-refractivity contribution in [1.29, 1.82) is 0 Å². The number of rotatable bonds is 1. The van der Waals surface area contributed by atoms with Gasteiger partial charge < -0.3 is 14.6 Å². The van der Waals surface area contributed by atoms with Gasteiger partial charge in [-0.15, -0.1) is 0 Å². The first-order chi connectivity index (χ1) is 9.50. The van der Waals surface area contributed by atoms with Crippen LogP contribution in [-0.2, 0) is 9.47 Å². The number of aliphatic hydroxyl groups is 1. The van der Waals surface area contributed by atoms with Crippen LogP contribution in [0.2, 0.25) is 0 Å². The maximum atomic E-state index is 10.2. The highest BCUT2D eigenvalue weighted by atomic mass is 16.7. The standard InChI is InChI=1S/C16H29NO3/c1-15(2)11-19-16(20-12-15)7-9-17(10-8-16)13-5-3-4-6-14(13)18/h13-14,18H,3-12H2,1-2H3. The number of ether oxygens (including phenoxy) is 2. The minimum absolute atomic E-state index is 0.134. The molecule has 0 bridgehead atoms. The van der Waals surface area contributed by atoms with Crippen molar-refractivity contribution in [3.63, 3.8) is 0 Å². The van der Waals surface area contributed by atoms with Crippen molar-refractivity contribution in [2.75, 3.05) is 26.3 Å². The number of hydrogen-bond acceptors (Lipinski definition) is 4. The topological polar surface area (TPSA) is 41.9 Å². The lowest BCUT2D eigenvalue weighted by atomic mass is 9.88. The average Bonchev–Trinajstić information content (AvgIpc) is 2.44. The second kappa shape index (κ2) is 5.56. The summed E-state index contributed by atoms with van der Waals surface area (Å²) in [5, 5.41) is 10.2. The van der Waals surface area contributed by atoms with E-state index in [1.807, 2.05) is 0 Å². The molecule has 2 atom stereocenters. The molecule has 2 unspecified atom stereocenters. The molecule has 0 aromatic carbocycles. The maximum Gasteiger partial charge on any atom is 0.170 e. The normalized spacial score (nSPS) is 38.0. The van der Waals surface area contributed by atoms with Crippen LogP contribution >= 0.6 is 0 Å². The van der Waals surface area contributed by atoms with Crippen LogP contribution in [0.25, 0.3) is 0 Å². The van der Waals surface area contributed by atoms with Gasteiger partial charge in [-0.3, -0.25) is 4.90 Å². The highest BCUT2D eigenvalue weighted by molar-refractivity contribution is 4.90. The van der Waals surface area contributed by atoms with E-state index in [4.69, 9.17) is 9.47 Å². The predicted octanol–water partition coefficient (Wildman–Crippen LogP) is 2.16. The average molecular weight is 283 g/mol. The Morgan fingerprint density at radius 3 is 2.20 bits per heavy atom. The van der Waals surface area contributed by atoms with Gasteiger partial charge in [0.1, 0.15) is 0 Å². The fourth-order valence-corrected chi connectivity index (χ4v) is 3.74. The van der Waals surface area contributed by atoms with E-state index in [9.17, 15) is 5.11 Å². The number of piperidine rings is 1. The van der Waals surface area contributed by atoms with E-state index < -0.39 is 0 Å². The number of hydrogen-bond donors (Lipinski definition) is 1. The Balaban J connectivity index is 1.54. The van der Waals surface area contributed by atoms with Gasteiger partial charge in [-0.05, 0) is 12.8 Å². The summed E-state index contributed by atoms with van der Waals surface area (Å²) in [6.07, 6.45) is 6.28. The summed E-state index contributed by atoms with van der Waals surface area (Å²) in [5.41, 5.74) is 0.141. The van der Waals surface area contributed by atoms with Crippen molar-refractivity contribution in [3.8, 4) is 0 Å². The highest BCUT2D eigenvalue weighted by Crippen LogP contribution is 2.37. The number of aliphatic hydroxyl groups excluding tert-OH is 1. The van der Waals surface area contributed by atoms with Gasteiger partial charge >= 0.3 is 0 Å². The second-order valence-electron chi connectivity index (χ2n) is 7.61. The summed E-state index contributed by atoms with van der Waals surface area (Å²) < 4.78 is 12.1. The zero-order valence-electron chi connectivity index (χ0n) is 12.9. The monoisotopic (exact) mass is 283 g/mol. The van der Waals surface area contributed by atoms with Gasteiger partial charge in [0.25, 0.3) is 0 Å². The molecule has 2 aliphatic heterocycles. The molecule has 1 spiro atoms. The van der Waals surface area contributed by atoms with Gasteiger partial charge in [-0.25, -0.2) is 0 Å². The van der Waals surface area contributed by atoms with Crippen LogP contribution in [0.15, 0.2) is 0 Å². The van der Waals surface area contributed by atoms with Crippen LogP contribution in [0.3, 0.4) is 0 Å². The molecule has 4 nitrogen and oxygen atoms in total. The quantitative estimate of drug-likeness (QED) is 0.801. The molecule has 3 fully saturated rings. The molecule has 0 aromatic heterocycles. The molecule has 0 aromatic rings. The molecule has 116 valence electrons. The van der Waals surface area contributed by atoms with Gasteiger partial charge in [0, 0.05) is 37.4 Å². The van der Waals surface area contributed by atoms with E-state index in [1.165, 1.54) is 12.8 Å². The molecule has 4 heteroatoms. The van der Waals surface area contributed by atoms with Crippen LogP contribution < -0.4 is 0 Å². The Hall–Kier alpha value is -0.160. The van der Waals surface area contributed by atoms with E-state index in [1.54, 1.807) is 0 Å². The summed E-state index contributed by atoms with van der Waals surface area (Å²) in [7, 11) is 0. The Morgan fingerprint density at radius 2 is 1.60 bits per heavy atom. The summed E-state index contributed by atoms with van der Waals surface area (Å²) in [5.74, 6) is -0.342. The smallest absolute Gasteiger partial charge is 0.170 e. The zero-order chi connectivity index (χ0) is 14.2. The Bertz CT molecular complexity index is 325. The first-order valence-electron chi connectivity index (χ1n) is 8.20. The fourth-order valence-electron chi connectivity index (χ4n) is 3.74. The second-order valence-corrected chi connectivity index (χ2v) is 7.61. The molecule has 1 aliphatic carbocycles. The van der Waals surface area contributed by atoms with Crippen molar-refractivity contribution in [3.05, 3.63) is 0 Å². The van der Waals surface area contributed by atoms with Crippen molar-refractivity contribution in [2.24, 2.45) is 5.41 Å². The summed E-state index contributed by atoms with van der Waals surface area (Å²) in [6.45, 7) is 7.93. The van der Waals surface area contributed by atoms with Gasteiger partial charge in [0.05, 0.1) is 19.3 Å². The Kier molecular flexibility index (Phi) is 4.10. The third kappa shape index (κ3) is 3.03. The summed E-state index contributed by atoms with van der Waals surface area (Å²) in [6, 6.07) is 0.362. The van der Waals surface area contributed by atoms with Crippen LogP contribution in [0.5, 0.6) is 0 Å². The van der Waals surface area contributed by atoms with Crippen molar-refractivity contribution < 1.29 is 14.6 Å². The van der Waals surface area contributed by atoms with Crippen LogP contribution in [0.1, 0.15) is 52.4 Å². The van der Waals surface area contributed by atoms with Gasteiger partial charge in [-0.2, -0.15) is 0 Å². The van der Waals surface area contributed by atoms with E-state index >= 15 is 0 Å². The largest absolute Gasteiger partial charge is 0.391 e. The molecule has 20 heavy (non-hydrogen) atoms. The van der Waals surface area contributed by atoms with Crippen LogP contribution in [0.4, 0.5) is 0 Å². The van der Waals surface area contributed by atoms with Gasteiger partial charge in [-0.1, -0.05) is 26.7 Å². The third-order valence-corrected chi connectivity index (χ3v) is 5.17. The van der Waals surface area contributed by atoms with Gasteiger partial charge in [0.2, 0.25) is 0 Å². The van der Waals surface area contributed by atoms with E-state index in [0.717, 1.165) is 52.0 Å². The zero-order valence-corrected chi connectivity index (χ0v) is 12.9. The molecule has 2 saturated heterocycles. The first-order valence-corrected chi connectivity index (χ1v) is 8.20. The Labute approximate surface area is 122 Å². The maximum absolute atomic E-state index is 10.2. The van der Waals surface area contributed by atoms with Crippen LogP contribution in [-0.4, -0.2) is 54.2 Å². The molecule has 2 heterocycles. The lowest BCUT2D eigenvalue weighted by molar-refractivity contribution is -0.314. The lowest BCUT2D eigenvalue weighted by Crippen LogP contribution is -2.57. The molecule has 0 amide bonds. The molecule has 0 radical (unpaired) electrons. The van der Waals surface area contributed by atoms with Gasteiger partial charge in [0.15, 0.2) is 5.79 Å². The van der Waals surface area contributed by atoms with E-state index in [0.29, 0.717) is 6.04 Å². The third-order valence-electron chi connectivity index (χ3n) is 5.17. The molecule has 3 rings (SSSR count). The van der Waals surface area contributed by atoms with Crippen molar-refractivity contribution >= 4 is 0 Å². The molecular formula is C16H29NO3. The minimum atomic E-state index is -0.342. The lowest BCUT2D eigenvalue weighted by Gasteiger charge is -2.49. The van der Waals surface area contributed by atoms with Crippen LogP contribution in [0, 0.1) is 5.41 Å². The number of nitrogens with zero attached hydrogens (tertiary/aromatic N) is 1. The minimum Gasteiger partial charge on any atom is -0.391 e. The highest BCUT2D eigenvalue weighted by Gasteiger charge is 2.44.